The van der Waals surface area contributed by atoms with Crippen molar-refractivity contribution in [1.29, 1.82) is 0 Å². The zero-order valence-electron chi connectivity index (χ0n) is 12.0. The summed E-state index contributed by atoms with van der Waals surface area (Å²) in [5.41, 5.74) is 4.07. The minimum atomic E-state index is 0.415. The van der Waals surface area contributed by atoms with Gasteiger partial charge in [0, 0.05) is 10.6 Å². The number of rotatable bonds is 1. The van der Waals surface area contributed by atoms with Gasteiger partial charge in [0.25, 0.3) is 0 Å². The third-order valence-corrected chi connectivity index (χ3v) is 5.68. The lowest BCUT2D eigenvalue weighted by molar-refractivity contribution is 0.697. The highest BCUT2D eigenvalue weighted by atomic mass is 35.5. The van der Waals surface area contributed by atoms with Gasteiger partial charge in [0.15, 0.2) is 16.6 Å². The molecule has 0 bridgehead atoms. The van der Waals surface area contributed by atoms with E-state index in [-0.39, 0.29) is 0 Å². The molecule has 0 saturated heterocycles. The molecule has 0 saturated carbocycles. The molecule has 1 aliphatic carbocycles. The molecular weight excluding hydrogens is 304 g/mol. The molecule has 0 N–H and O–H groups in total. The van der Waals surface area contributed by atoms with Gasteiger partial charge in [0.2, 0.25) is 0 Å². The van der Waals surface area contributed by atoms with Crippen LogP contribution < -0.4 is 0 Å². The summed E-state index contributed by atoms with van der Waals surface area (Å²) >= 11 is 8.05. The van der Waals surface area contributed by atoms with Gasteiger partial charge in [-0.1, -0.05) is 11.6 Å². The second kappa shape index (κ2) is 4.78. The van der Waals surface area contributed by atoms with Gasteiger partial charge in [-0.25, -0.2) is 4.98 Å². The van der Waals surface area contributed by atoms with Crippen molar-refractivity contribution in [3.63, 3.8) is 0 Å². The van der Waals surface area contributed by atoms with Gasteiger partial charge in [-0.15, -0.1) is 21.5 Å². The molecule has 0 aliphatic heterocycles. The molecule has 6 heteroatoms. The quantitative estimate of drug-likeness (QED) is 0.681. The first-order valence-electron chi connectivity index (χ1n) is 7.15. The maximum Gasteiger partial charge on any atom is 0.199 e. The highest BCUT2D eigenvalue weighted by Crippen LogP contribution is 2.36. The Bertz CT molecular complexity index is 826. The molecule has 4 rings (SSSR count). The van der Waals surface area contributed by atoms with Crippen LogP contribution in [0.15, 0.2) is 6.07 Å². The third kappa shape index (κ3) is 1.99. The summed E-state index contributed by atoms with van der Waals surface area (Å²) in [7, 11) is 0. The number of nitrogens with zero attached hydrogens (tertiary/aromatic N) is 4. The fourth-order valence-corrected chi connectivity index (χ4v) is 4.41. The van der Waals surface area contributed by atoms with Crippen molar-refractivity contribution in [2.75, 3.05) is 0 Å². The van der Waals surface area contributed by atoms with Crippen molar-refractivity contribution in [3.05, 3.63) is 33.0 Å². The molecule has 0 atom stereocenters. The molecule has 0 fully saturated rings. The van der Waals surface area contributed by atoms with Crippen LogP contribution in [-0.4, -0.2) is 19.6 Å². The lowest BCUT2D eigenvalue weighted by Gasteiger charge is -2.08. The molecule has 21 heavy (non-hydrogen) atoms. The molecule has 0 amide bonds. The smallest absolute Gasteiger partial charge is 0.199 e. The van der Waals surface area contributed by atoms with E-state index in [9.17, 15) is 0 Å². The van der Waals surface area contributed by atoms with Gasteiger partial charge < -0.3 is 0 Å². The first-order chi connectivity index (χ1) is 10.1. The summed E-state index contributed by atoms with van der Waals surface area (Å²) in [4.78, 5) is 7.00. The normalized spacial score (nSPS) is 14.6. The maximum absolute atomic E-state index is 6.21. The molecule has 3 aromatic heterocycles. The van der Waals surface area contributed by atoms with Crippen LogP contribution in [0, 0.1) is 13.8 Å². The van der Waals surface area contributed by atoms with Gasteiger partial charge in [-0.3, -0.25) is 4.40 Å². The Hall–Kier alpha value is -1.46. The average Bonchev–Trinajstić information content (AvgIpc) is 3.08. The van der Waals surface area contributed by atoms with Crippen LogP contribution >= 0.6 is 22.9 Å². The molecule has 0 unspecified atom stereocenters. The summed E-state index contributed by atoms with van der Waals surface area (Å²) in [5.74, 6) is 0.884. The maximum atomic E-state index is 6.21. The highest BCUT2D eigenvalue weighted by molar-refractivity contribution is 7.15. The zero-order chi connectivity index (χ0) is 14.6. The van der Waals surface area contributed by atoms with Crippen LogP contribution in [0.25, 0.3) is 16.3 Å². The summed E-state index contributed by atoms with van der Waals surface area (Å²) in [6.45, 7) is 4.00. The Kier molecular flexibility index (Phi) is 3.01. The number of thiophene rings is 1. The third-order valence-electron chi connectivity index (χ3n) is 4.19. The molecule has 4 nitrogen and oxygen atoms in total. The molecule has 108 valence electrons. The summed E-state index contributed by atoms with van der Waals surface area (Å²) in [5, 5.41) is 9.01. The second-order valence-corrected chi connectivity index (χ2v) is 7.02. The largest absolute Gasteiger partial charge is 0.275 e. The fourth-order valence-electron chi connectivity index (χ4n) is 2.94. The van der Waals surface area contributed by atoms with Crippen LogP contribution in [0.5, 0.6) is 0 Å². The first kappa shape index (κ1) is 13.2. The van der Waals surface area contributed by atoms with Crippen LogP contribution in [0.1, 0.15) is 34.7 Å². The van der Waals surface area contributed by atoms with Crippen LogP contribution in [-0.2, 0) is 12.8 Å². The molecule has 0 aromatic carbocycles. The SMILES string of the molecule is Cc1nc(Cl)c2nnc(-c3cc4c(s3)CCCC4)n2c1C. The number of aryl methyl sites for hydroxylation is 4. The Labute approximate surface area is 131 Å². The number of fused-ring (bicyclic) bond motifs is 2. The van der Waals surface area contributed by atoms with Gasteiger partial charge in [-0.2, -0.15) is 0 Å². The van der Waals surface area contributed by atoms with E-state index in [4.69, 9.17) is 11.6 Å². The predicted octanol–water partition coefficient (Wildman–Crippen LogP) is 4.00. The topological polar surface area (TPSA) is 43.1 Å². The van der Waals surface area contributed by atoms with E-state index in [2.05, 4.69) is 21.2 Å². The van der Waals surface area contributed by atoms with E-state index in [1.54, 1.807) is 0 Å². The number of hydrogen-bond donors (Lipinski definition) is 0. The number of halogens is 1. The van der Waals surface area contributed by atoms with Gasteiger partial charge in [0.1, 0.15) is 0 Å². The Morgan fingerprint density at radius 1 is 1.19 bits per heavy atom. The number of hydrogen-bond acceptors (Lipinski definition) is 4. The van der Waals surface area contributed by atoms with E-state index < -0.39 is 0 Å². The minimum absolute atomic E-state index is 0.415. The molecule has 0 radical (unpaired) electrons. The van der Waals surface area contributed by atoms with Crippen LogP contribution in [0.4, 0.5) is 0 Å². The second-order valence-electron chi connectivity index (χ2n) is 5.52. The average molecular weight is 319 g/mol. The lowest BCUT2D eigenvalue weighted by Crippen LogP contribution is -2.00. The monoisotopic (exact) mass is 318 g/mol. The van der Waals surface area contributed by atoms with Crippen LogP contribution in [0.3, 0.4) is 0 Å². The van der Waals surface area contributed by atoms with E-state index in [0.29, 0.717) is 10.8 Å². The standard InChI is InChI=1S/C15H15ClN4S/c1-8-9(2)20-14(18-19-15(20)13(16)17-8)12-7-10-5-3-4-6-11(10)21-12/h7H,3-6H2,1-2H3. The predicted molar refractivity (Wildman–Crippen MR) is 85.2 cm³/mol. The van der Waals surface area contributed by atoms with Crippen molar-refractivity contribution in [1.82, 2.24) is 19.6 Å². The van der Waals surface area contributed by atoms with E-state index in [1.165, 1.54) is 41.0 Å². The molecule has 0 spiro atoms. The zero-order valence-corrected chi connectivity index (χ0v) is 13.6. The Balaban J connectivity index is 1.96. The van der Waals surface area contributed by atoms with E-state index >= 15 is 0 Å². The van der Waals surface area contributed by atoms with E-state index in [0.717, 1.165) is 17.2 Å². The molecule has 3 aromatic rings. The number of aromatic nitrogens is 4. The van der Waals surface area contributed by atoms with Crippen molar-refractivity contribution in [2.24, 2.45) is 0 Å². The highest BCUT2D eigenvalue weighted by Gasteiger charge is 2.20. The molecular formula is C15H15ClN4S. The lowest BCUT2D eigenvalue weighted by atomic mass is 9.99. The van der Waals surface area contributed by atoms with Gasteiger partial charge in [0.05, 0.1) is 10.6 Å². The molecule has 3 heterocycles. The summed E-state index contributed by atoms with van der Waals surface area (Å²) in [6.07, 6.45) is 4.96. The fraction of sp³-hybridized carbons (Fsp3) is 0.400. The van der Waals surface area contributed by atoms with Gasteiger partial charge in [-0.05, 0) is 51.2 Å². The van der Waals surface area contributed by atoms with Crippen molar-refractivity contribution in [2.45, 2.75) is 39.5 Å². The molecule has 1 aliphatic rings. The summed E-state index contributed by atoms with van der Waals surface area (Å²) < 4.78 is 2.03. The Morgan fingerprint density at radius 2 is 2.00 bits per heavy atom. The first-order valence-corrected chi connectivity index (χ1v) is 8.34. The van der Waals surface area contributed by atoms with Crippen LogP contribution in [0.2, 0.25) is 5.15 Å². The van der Waals surface area contributed by atoms with Crippen molar-refractivity contribution >= 4 is 28.6 Å². The van der Waals surface area contributed by atoms with Crippen molar-refractivity contribution in [3.8, 4) is 10.7 Å². The minimum Gasteiger partial charge on any atom is -0.275 e. The van der Waals surface area contributed by atoms with Crippen molar-refractivity contribution < 1.29 is 0 Å². The van der Waals surface area contributed by atoms with E-state index in [1.807, 2.05) is 29.6 Å². The Morgan fingerprint density at radius 3 is 2.81 bits per heavy atom. The van der Waals surface area contributed by atoms with Gasteiger partial charge >= 0.3 is 0 Å². The summed E-state index contributed by atoms with van der Waals surface area (Å²) in [6, 6.07) is 2.28.